The zero-order valence-electron chi connectivity index (χ0n) is 18.6. The molecular formula is C23H27N5O3S. The Morgan fingerprint density at radius 3 is 2.59 bits per heavy atom. The summed E-state index contributed by atoms with van der Waals surface area (Å²) in [5, 5.41) is 0.445. The lowest BCUT2D eigenvalue weighted by atomic mass is 9.97. The molecule has 0 spiro atoms. The van der Waals surface area contributed by atoms with E-state index in [-0.39, 0.29) is 21.9 Å². The van der Waals surface area contributed by atoms with Gasteiger partial charge in [-0.15, -0.1) is 0 Å². The van der Waals surface area contributed by atoms with E-state index in [0.717, 1.165) is 29.4 Å². The third kappa shape index (κ3) is 4.12. The van der Waals surface area contributed by atoms with Gasteiger partial charge >= 0.3 is 0 Å². The molecule has 1 aliphatic rings. The van der Waals surface area contributed by atoms with Gasteiger partial charge in [-0.05, 0) is 62.9 Å². The Morgan fingerprint density at radius 1 is 1.19 bits per heavy atom. The van der Waals surface area contributed by atoms with E-state index < -0.39 is 15.9 Å². The first-order valence-electron chi connectivity index (χ1n) is 10.4. The summed E-state index contributed by atoms with van der Waals surface area (Å²) in [6, 6.07) is 11.7. The lowest BCUT2D eigenvalue weighted by Crippen LogP contribution is -2.41. The fraction of sp³-hybridized carbons (Fsp3) is 0.348. The number of anilines is 2. The van der Waals surface area contributed by atoms with Crippen LogP contribution in [-0.4, -0.2) is 36.4 Å². The van der Waals surface area contributed by atoms with Crippen molar-refractivity contribution >= 4 is 38.5 Å². The normalized spacial score (nSPS) is 18.1. The standard InChI is InChI=1S/C23H27N5O3S/c1-14-8-9-16-11-17(22(29)27-32(30,31)20-7-5-6-19(24)26-20)21(25-18(16)10-14)28-13-15(2)12-23(28,3)4/h5-11,15H,12-13H2,1-4H3,(H2,24,26)(H,27,29)/t15-/m0/s1. The summed E-state index contributed by atoms with van der Waals surface area (Å²) in [5.41, 5.74) is 7.40. The summed E-state index contributed by atoms with van der Waals surface area (Å²) in [4.78, 5) is 24.0. The first-order valence-corrected chi connectivity index (χ1v) is 11.9. The van der Waals surface area contributed by atoms with E-state index in [2.05, 4.69) is 35.4 Å². The third-order valence-corrected chi connectivity index (χ3v) is 7.01. The number of carbonyl (C=O) groups is 1. The quantitative estimate of drug-likeness (QED) is 0.622. The molecule has 1 atom stereocenters. The van der Waals surface area contributed by atoms with Crippen LogP contribution in [0.3, 0.4) is 0 Å². The summed E-state index contributed by atoms with van der Waals surface area (Å²) >= 11 is 0. The van der Waals surface area contributed by atoms with Crippen molar-refractivity contribution in [2.45, 2.75) is 44.7 Å². The van der Waals surface area contributed by atoms with Crippen molar-refractivity contribution in [1.82, 2.24) is 14.7 Å². The largest absolute Gasteiger partial charge is 0.384 e. The maximum atomic E-state index is 13.3. The van der Waals surface area contributed by atoms with Crippen LogP contribution < -0.4 is 15.4 Å². The molecule has 8 nitrogen and oxygen atoms in total. The van der Waals surface area contributed by atoms with Gasteiger partial charge in [-0.25, -0.2) is 14.7 Å². The molecule has 0 aliphatic carbocycles. The highest BCUT2D eigenvalue weighted by Gasteiger charge is 2.39. The van der Waals surface area contributed by atoms with Crippen molar-refractivity contribution in [3.05, 3.63) is 53.6 Å². The van der Waals surface area contributed by atoms with Gasteiger partial charge in [-0.1, -0.05) is 25.1 Å². The summed E-state index contributed by atoms with van der Waals surface area (Å²) < 4.78 is 27.8. The Bertz CT molecular complexity index is 1320. The van der Waals surface area contributed by atoms with Gasteiger partial charge in [0.25, 0.3) is 15.9 Å². The van der Waals surface area contributed by atoms with E-state index in [0.29, 0.717) is 11.7 Å². The molecule has 168 valence electrons. The minimum Gasteiger partial charge on any atom is -0.384 e. The second kappa shape index (κ2) is 7.74. The van der Waals surface area contributed by atoms with E-state index in [1.54, 1.807) is 6.07 Å². The predicted octanol–water partition coefficient (Wildman–Crippen LogP) is 3.26. The van der Waals surface area contributed by atoms with E-state index in [1.807, 2.05) is 25.1 Å². The fourth-order valence-electron chi connectivity index (χ4n) is 4.41. The minimum absolute atomic E-state index is 0.0524. The van der Waals surface area contributed by atoms with Crippen LogP contribution in [0.4, 0.5) is 11.6 Å². The number of hydrogen-bond acceptors (Lipinski definition) is 7. The number of benzene rings is 1. The molecule has 9 heteroatoms. The zero-order chi connectivity index (χ0) is 23.3. The predicted molar refractivity (Wildman–Crippen MR) is 125 cm³/mol. The molecule has 0 bridgehead atoms. The van der Waals surface area contributed by atoms with Gasteiger partial charge in [0, 0.05) is 17.5 Å². The van der Waals surface area contributed by atoms with E-state index in [1.165, 1.54) is 18.2 Å². The average molecular weight is 454 g/mol. The SMILES string of the molecule is Cc1ccc2cc(C(=O)NS(=O)(=O)c3cccc(N)n3)c(N3C[C@@H](C)CC3(C)C)nc2c1. The molecular weight excluding hydrogens is 426 g/mol. The van der Waals surface area contributed by atoms with Gasteiger partial charge in [0.1, 0.15) is 11.6 Å². The van der Waals surface area contributed by atoms with Gasteiger partial charge in [-0.2, -0.15) is 8.42 Å². The smallest absolute Gasteiger partial charge is 0.281 e. The number of nitrogens with two attached hydrogens (primary N) is 1. The molecule has 2 aromatic heterocycles. The molecule has 0 unspecified atom stereocenters. The summed E-state index contributed by atoms with van der Waals surface area (Å²) in [5.74, 6) is 0.188. The number of aromatic nitrogens is 2. The van der Waals surface area contributed by atoms with Gasteiger partial charge in [-0.3, -0.25) is 4.79 Å². The van der Waals surface area contributed by atoms with Crippen LogP contribution >= 0.6 is 0 Å². The van der Waals surface area contributed by atoms with E-state index in [9.17, 15) is 13.2 Å². The number of sulfonamides is 1. The number of hydrogen-bond donors (Lipinski definition) is 2. The molecule has 1 aromatic carbocycles. The van der Waals surface area contributed by atoms with Crippen LogP contribution in [0, 0.1) is 12.8 Å². The zero-order valence-corrected chi connectivity index (χ0v) is 19.4. The van der Waals surface area contributed by atoms with Crippen molar-refractivity contribution in [3.8, 4) is 0 Å². The molecule has 4 rings (SSSR count). The van der Waals surface area contributed by atoms with Crippen molar-refractivity contribution in [1.29, 1.82) is 0 Å². The Kier molecular flexibility index (Phi) is 5.32. The van der Waals surface area contributed by atoms with Crippen LogP contribution in [0.25, 0.3) is 10.9 Å². The minimum atomic E-state index is -4.21. The van der Waals surface area contributed by atoms with Crippen LogP contribution in [-0.2, 0) is 10.0 Å². The van der Waals surface area contributed by atoms with Crippen LogP contribution in [0.15, 0.2) is 47.5 Å². The van der Waals surface area contributed by atoms with Crippen molar-refractivity contribution in [2.24, 2.45) is 5.92 Å². The number of fused-ring (bicyclic) bond motifs is 1. The van der Waals surface area contributed by atoms with Gasteiger partial charge in [0.15, 0.2) is 5.03 Å². The maximum absolute atomic E-state index is 13.3. The Balaban J connectivity index is 1.81. The molecule has 0 radical (unpaired) electrons. The third-order valence-electron chi connectivity index (χ3n) is 5.77. The highest BCUT2D eigenvalue weighted by atomic mass is 32.2. The molecule has 1 aliphatic heterocycles. The first kappa shape index (κ1) is 22.0. The maximum Gasteiger partial charge on any atom is 0.281 e. The second-order valence-electron chi connectivity index (χ2n) is 9.12. The molecule has 32 heavy (non-hydrogen) atoms. The number of rotatable bonds is 4. The second-order valence-corrected chi connectivity index (χ2v) is 10.8. The number of nitrogens with one attached hydrogen (secondary N) is 1. The Labute approximate surface area is 187 Å². The number of amides is 1. The molecule has 3 N–H and O–H groups in total. The van der Waals surface area contributed by atoms with E-state index in [4.69, 9.17) is 10.7 Å². The monoisotopic (exact) mass is 453 g/mol. The highest BCUT2D eigenvalue weighted by Crippen LogP contribution is 2.38. The highest BCUT2D eigenvalue weighted by molar-refractivity contribution is 7.90. The van der Waals surface area contributed by atoms with E-state index >= 15 is 0 Å². The summed E-state index contributed by atoms with van der Waals surface area (Å²) in [7, 11) is -4.21. The number of aryl methyl sites for hydroxylation is 1. The number of nitrogen functional groups attached to an aromatic ring is 1. The molecule has 1 fully saturated rings. The number of nitrogens with zero attached hydrogens (tertiary/aromatic N) is 3. The first-order chi connectivity index (χ1) is 15.0. The fourth-order valence-corrected chi connectivity index (χ4v) is 5.35. The van der Waals surface area contributed by atoms with Gasteiger partial charge < -0.3 is 10.6 Å². The average Bonchev–Trinajstić information content (AvgIpc) is 2.98. The van der Waals surface area contributed by atoms with Crippen molar-refractivity contribution in [2.75, 3.05) is 17.2 Å². The van der Waals surface area contributed by atoms with Crippen LogP contribution in [0.1, 0.15) is 43.1 Å². The summed E-state index contributed by atoms with van der Waals surface area (Å²) in [6.07, 6.45) is 0.938. The molecule has 3 aromatic rings. The Hall–Kier alpha value is -3.20. The number of pyridine rings is 2. The van der Waals surface area contributed by atoms with Gasteiger partial charge in [0.05, 0.1) is 11.1 Å². The lowest BCUT2D eigenvalue weighted by molar-refractivity contribution is 0.0981. The van der Waals surface area contributed by atoms with Crippen molar-refractivity contribution in [3.63, 3.8) is 0 Å². The topological polar surface area (TPSA) is 118 Å². The molecule has 3 heterocycles. The van der Waals surface area contributed by atoms with Crippen LogP contribution in [0.2, 0.25) is 0 Å². The molecule has 0 saturated carbocycles. The summed E-state index contributed by atoms with van der Waals surface area (Å²) in [6.45, 7) is 9.07. The molecule has 1 saturated heterocycles. The lowest BCUT2D eigenvalue weighted by Gasteiger charge is -2.34. The van der Waals surface area contributed by atoms with Gasteiger partial charge in [0.2, 0.25) is 0 Å². The molecule has 1 amide bonds. The van der Waals surface area contributed by atoms with Crippen LogP contribution in [0.5, 0.6) is 0 Å². The Morgan fingerprint density at radius 2 is 1.94 bits per heavy atom. The van der Waals surface area contributed by atoms with Crippen molar-refractivity contribution < 1.29 is 13.2 Å². The number of carbonyl (C=O) groups excluding carboxylic acids is 1.